The Hall–Kier alpha value is -1.92. The molecule has 0 aromatic carbocycles. The number of esters is 1. The molecule has 29 heavy (non-hydrogen) atoms. The average molecular weight is 441 g/mol. The molecule has 170 valence electrons. The first-order valence-corrected chi connectivity index (χ1v) is 10.7. The SMILES string of the molecule is COC(=O)OCCCCOC(=O)[C@H](O)C(C)(C)COS(=O)(=O)CCCNC(C)=O. The Bertz CT molecular complexity index is 632. The predicted octanol–water partition coefficient (Wildman–Crippen LogP) is 0.353. The zero-order valence-corrected chi connectivity index (χ0v) is 18.1. The van der Waals surface area contributed by atoms with Gasteiger partial charge < -0.3 is 24.6 Å². The van der Waals surface area contributed by atoms with Crippen LogP contribution in [0.3, 0.4) is 0 Å². The first-order valence-electron chi connectivity index (χ1n) is 9.08. The van der Waals surface area contributed by atoms with E-state index < -0.39 is 40.4 Å². The Morgan fingerprint density at radius 1 is 1.07 bits per heavy atom. The molecule has 11 nitrogen and oxygen atoms in total. The van der Waals surface area contributed by atoms with Crippen molar-refractivity contribution in [2.75, 3.05) is 39.2 Å². The number of carbonyl (C=O) groups is 3. The van der Waals surface area contributed by atoms with Crippen molar-refractivity contribution in [1.82, 2.24) is 5.32 Å². The lowest BCUT2D eigenvalue weighted by molar-refractivity contribution is -0.161. The quantitative estimate of drug-likeness (QED) is 0.219. The maximum absolute atomic E-state index is 12.0. The highest BCUT2D eigenvalue weighted by Gasteiger charge is 2.36. The van der Waals surface area contributed by atoms with E-state index in [2.05, 4.69) is 14.8 Å². The second-order valence-corrected chi connectivity index (χ2v) is 8.69. The number of ether oxygens (including phenoxy) is 3. The van der Waals surface area contributed by atoms with Crippen LogP contribution in [-0.2, 0) is 38.1 Å². The van der Waals surface area contributed by atoms with Gasteiger partial charge in [-0.3, -0.25) is 8.98 Å². The molecule has 0 aliphatic heterocycles. The Morgan fingerprint density at radius 2 is 1.66 bits per heavy atom. The van der Waals surface area contributed by atoms with Crippen molar-refractivity contribution in [1.29, 1.82) is 0 Å². The monoisotopic (exact) mass is 441 g/mol. The summed E-state index contributed by atoms with van der Waals surface area (Å²) in [5.41, 5.74) is -1.21. The number of aliphatic hydroxyl groups excluding tert-OH is 1. The maximum Gasteiger partial charge on any atom is 0.507 e. The van der Waals surface area contributed by atoms with Gasteiger partial charge >= 0.3 is 12.1 Å². The van der Waals surface area contributed by atoms with Crippen LogP contribution in [0.15, 0.2) is 0 Å². The molecule has 0 saturated heterocycles. The van der Waals surface area contributed by atoms with Crippen molar-refractivity contribution >= 4 is 28.1 Å². The summed E-state index contributed by atoms with van der Waals surface area (Å²) in [5, 5.41) is 12.6. The summed E-state index contributed by atoms with van der Waals surface area (Å²) in [6, 6.07) is 0. The van der Waals surface area contributed by atoms with Crippen LogP contribution in [0, 0.1) is 5.41 Å². The third-order valence-corrected chi connectivity index (χ3v) is 4.95. The van der Waals surface area contributed by atoms with Crippen molar-refractivity contribution < 1.29 is 46.3 Å². The van der Waals surface area contributed by atoms with Gasteiger partial charge in [-0.05, 0) is 19.3 Å². The van der Waals surface area contributed by atoms with Crippen LogP contribution < -0.4 is 5.32 Å². The van der Waals surface area contributed by atoms with E-state index in [-0.39, 0.29) is 37.8 Å². The number of rotatable bonds is 14. The van der Waals surface area contributed by atoms with Crippen molar-refractivity contribution in [2.24, 2.45) is 5.41 Å². The number of carbonyl (C=O) groups excluding carboxylic acids is 3. The fourth-order valence-corrected chi connectivity index (χ4v) is 2.98. The summed E-state index contributed by atoms with van der Waals surface area (Å²) in [6.07, 6.45) is -1.39. The number of unbranched alkanes of at least 4 members (excludes halogenated alkanes) is 1. The molecule has 0 radical (unpaired) electrons. The van der Waals surface area contributed by atoms with Crippen LogP contribution in [0.2, 0.25) is 0 Å². The molecular weight excluding hydrogens is 410 g/mol. The third kappa shape index (κ3) is 13.0. The van der Waals surface area contributed by atoms with Gasteiger partial charge in [0.2, 0.25) is 5.91 Å². The Balaban J connectivity index is 4.24. The molecule has 0 saturated carbocycles. The Kier molecular flexibility index (Phi) is 12.4. The molecule has 0 aliphatic carbocycles. The fraction of sp³-hybridized carbons (Fsp3) is 0.824. The fourth-order valence-electron chi connectivity index (χ4n) is 1.88. The lowest BCUT2D eigenvalue weighted by atomic mass is 9.88. The summed E-state index contributed by atoms with van der Waals surface area (Å²) in [7, 11) is -2.69. The van der Waals surface area contributed by atoms with E-state index in [1.807, 2.05) is 0 Å². The second-order valence-electron chi connectivity index (χ2n) is 6.93. The summed E-state index contributed by atoms with van der Waals surface area (Å²) >= 11 is 0. The van der Waals surface area contributed by atoms with E-state index >= 15 is 0 Å². The van der Waals surface area contributed by atoms with E-state index in [9.17, 15) is 27.9 Å². The van der Waals surface area contributed by atoms with Crippen molar-refractivity contribution in [3.05, 3.63) is 0 Å². The highest BCUT2D eigenvalue weighted by atomic mass is 32.2. The zero-order chi connectivity index (χ0) is 22.5. The van der Waals surface area contributed by atoms with E-state index in [1.54, 1.807) is 0 Å². The minimum absolute atomic E-state index is 0.00118. The number of hydrogen-bond donors (Lipinski definition) is 2. The lowest BCUT2D eigenvalue weighted by Crippen LogP contribution is -2.41. The third-order valence-electron chi connectivity index (χ3n) is 3.69. The average Bonchev–Trinajstić information content (AvgIpc) is 2.65. The predicted molar refractivity (Wildman–Crippen MR) is 101 cm³/mol. The maximum atomic E-state index is 12.0. The van der Waals surface area contributed by atoms with Crippen LogP contribution in [0.4, 0.5) is 4.79 Å². The highest BCUT2D eigenvalue weighted by molar-refractivity contribution is 7.86. The van der Waals surface area contributed by atoms with E-state index in [0.29, 0.717) is 12.8 Å². The van der Waals surface area contributed by atoms with Gasteiger partial charge in [-0.1, -0.05) is 13.8 Å². The van der Waals surface area contributed by atoms with Crippen molar-refractivity contribution in [3.63, 3.8) is 0 Å². The van der Waals surface area contributed by atoms with Gasteiger partial charge in [0.15, 0.2) is 6.10 Å². The van der Waals surface area contributed by atoms with Gasteiger partial charge in [0.25, 0.3) is 10.1 Å². The Labute approximate surface area is 171 Å². The van der Waals surface area contributed by atoms with E-state index in [1.165, 1.54) is 27.9 Å². The summed E-state index contributed by atoms with van der Waals surface area (Å²) in [4.78, 5) is 33.4. The minimum atomic E-state index is -3.87. The Morgan fingerprint density at radius 3 is 2.21 bits per heavy atom. The first-order chi connectivity index (χ1) is 13.4. The minimum Gasteiger partial charge on any atom is -0.464 e. The smallest absolute Gasteiger partial charge is 0.464 e. The molecule has 0 aromatic heterocycles. The van der Waals surface area contributed by atoms with Gasteiger partial charge in [-0.2, -0.15) is 8.42 Å². The molecule has 0 fully saturated rings. The molecule has 0 aliphatic rings. The molecular formula is C17H31NO10S. The normalized spacial score (nSPS) is 12.7. The van der Waals surface area contributed by atoms with Crippen LogP contribution in [0.1, 0.15) is 40.0 Å². The molecule has 1 amide bonds. The molecule has 0 heterocycles. The van der Waals surface area contributed by atoms with E-state index in [0.717, 1.165) is 0 Å². The lowest BCUT2D eigenvalue weighted by Gasteiger charge is -2.28. The van der Waals surface area contributed by atoms with Crippen molar-refractivity contribution in [2.45, 2.75) is 46.1 Å². The summed E-state index contributed by atoms with van der Waals surface area (Å²) in [5.74, 6) is -1.48. The summed E-state index contributed by atoms with van der Waals surface area (Å²) < 4.78 is 42.6. The number of nitrogens with one attached hydrogen (secondary N) is 1. The molecule has 0 spiro atoms. The highest BCUT2D eigenvalue weighted by Crippen LogP contribution is 2.23. The van der Waals surface area contributed by atoms with Gasteiger partial charge in [-0.15, -0.1) is 0 Å². The number of aliphatic hydroxyl groups is 1. The van der Waals surface area contributed by atoms with Crippen LogP contribution in [-0.4, -0.2) is 76.9 Å². The van der Waals surface area contributed by atoms with Gasteiger partial charge in [-0.25, -0.2) is 9.59 Å². The molecule has 0 aromatic rings. The van der Waals surface area contributed by atoms with Gasteiger partial charge in [0.05, 0.1) is 32.7 Å². The molecule has 12 heteroatoms. The molecule has 0 rings (SSSR count). The summed E-state index contributed by atoms with van der Waals surface area (Å²) in [6.45, 7) is 4.14. The first kappa shape index (κ1) is 27.1. The van der Waals surface area contributed by atoms with Gasteiger partial charge in [0.1, 0.15) is 0 Å². The van der Waals surface area contributed by atoms with Crippen LogP contribution in [0.5, 0.6) is 0 Å². The van der Waals surface area contributed by atoms with Crippen LogP contribution in [0.25, 0.3) is 0 Å². The number of methoxy groups -OCH3 is 1. The molecule has 1 atom stereocenters. The largest absolute Gasteiger partial charge is 0.507 e. The molecule has 0 bridgehead atoms. The second kappa shape index (κ2) is 13.3. The zero-order valence-electron chi connectivity index (χ0n) is 17.3. The number of hydrogen-bond acceptors (Lipinski definition) is 10. The topological polar surface area (TPSA) is 155 Å². The molecule has 2 N–H and O–H groups in total. The van der Waals surface area contributed by atoms with E-state index in [4.69, 9.17) is 8.92 Å². The number of amides is 1. The van der Waals surface area contributed by atoms with Crippen molar-refractivity contribution in [3.8, 4) is 0 Å². The van der Waals surface area contributed by atoms with Gasteiger partial charge in [0, 0.05) is 18.9 Å². The molecule has 0 unspecified atom stereocenters. The standard InChI is InChI=1S/C17H31NO10S/c1-13(19)18-8-7-11-29(23,24)28-12-17(2,3)14(20)15(21)26-9-5-6-10-27-16(22)25-4/h14,20H,5-12H2,1-4H3,(H,18,19)/t14-/m0/s1. The van der Waals surface area contributed by atoms with Crippen LogP contribution >= 0.6 is 0 Å².